The number of alkyl halides is 3. The number of anilines is 1. The van der Waals surface area contributed by atoms with E-state index in [1.54, 1.807) is 17.4 Å². The van der Waals surface area contributed by atoms with E-state index in [1.807, 2.05) is 31.4 Å². The Balaban J connectivity index is 1.70. The van der Waals surface area contributed by atoms with Crippen LogP contribution in [0.15, 0.2) is 32.8 Å². The number of carbonyl (C=O) groups is 1. The van der Waals surface area contributed by atoms with Crippen LogP contribution < -0.4 is 5.32 Å². The zero-order valence-electron chi connectivity index (χ0n) is 15.1. The fraction of sp³-hybridized carbons (Fsp3) is 0.474. The third kappa shape index (κ3) is 5.04. The van der Waals surface area contributed by atoms with E-state index in [4.69, 9.17) is 0 Å². The van der Waals surface area contributed by atoms with Gasteiger partial charge < -0.3 is 5.32 Å². The van der Waals surface area contributed by atoms with Crippen molar-refractivity contribution in [1.82, 2.24) is 4.98 Å². The quantitative estimate of drug-likeness (QED) is 0.646. The Morgan fingerprint density at radius 3 is 2.63 bits per heavy atom. The maximum absolute atomic E-state index is 13.2. The summed E-state index contributed by atoms with van der Waals surface area (Å²) in [5.41, 5.74) is 2.35. The number of nitrogens with one attached hydrogen (secondary N) is 1. The number of thiazole rings is 1. The number of carbonyl (C=O) groups excluding carboxylic acids is 1. The minimum atomic E-state index is -4.33. The van der Waals surface area contributed by atoms with Crippen LogP contribution in [0.25, 0.3) is 0 Å². The van der Waals surface area contributed by atoms with E-state index < -0.39 is 23.9 Å². The molecule has 1 fully saturated rings. The van der Waals surface area contributed by atoms with Crippen LogP contribution >= 0.6 is 23.1 Å². The SMILES string of the molecule is Cc1csc(Sc2ccc(NC(=O)C3CCCCC3C(F)(F)F)c(C)c2)n1. The summed E-state index contributed by atoms with van der Waals surface area (Å²) in [5.74, 6) is -3.09. The molecule has 1 aromatic carbocycles. The molecule has 1 aliphatic rings. The lowest BCUT2D eigenvalue weighted by atomic mass is 9.78. The first-order valence-electron chi connectivity index (χ1n) is 8.82. The molecule has 0 bridgehead atoms. The average Bonchev–Trinajstić information content (AvgIpc) is 3.01. The van der Waals surface area contributed by atoms with Crippen molar-refractivity contribution in [3.8, 4) is 0 Å². The van der Waals surface area contributed by atoms with Crippen LogP contribution in [0.2, 0.25) is 0 Å². The number of hydrogen-bond acceptors (Lipinski definition) is 4. The summed E-state index contributed by atoms with van der Waals surface area (Å²) in [4.78, 5) is 17.9. The fourth-order valence-corrected chi connectivity index (χ4v) is 5.29. The van der Waals surface area contributed by atoms with Gasteiger partial charge in [-0.1, -0.05) is 24.6 Å². The molecule has 1 aliphatic carbocycles. The van der Waals surface area contributed by atoms with Gasteiger partial charge in [-0.15, -0.1) is 11.3 Å². The van der Waals surface area contributed by atoms with E-state index in [0.717, 1.165) is 20.5 Å². The zero-order chi connectivity index (χ0) is 19.6. The lowest BCUT2D eigenvalue weighted by molar-refractivity contribution is -0.197. The Morgan fingerprint density at radius 2 is 2.00 bits per heavy atom. The lowest BCUT2D eigenvalue weighted by Crippen LogP contribution is -2.39. The van der Waals surface area contributed by atoms with Crippen molar-refractivity contribution in [2.24, 2.45) is 11.8 Å². The van der Waals surface area contributed by atoms with Crippen molar-refractivity contribution in [1.29, 1.82) is 0 Å². The van der Waals surface area contributed by atoms with Crippen LogP contribution in [0, 0.1) is 25.7 Å². The number of aryl methyl sites for hydroxylation is 2. The standard InChI is InChI=1S/C19H21F3N2OS2/c1-11-9-13(27-18-23-12(2)10-26-18)7-8-16(11)24-17(25)14-5-3-4-6-15(14)19(20,21)22/h7-10,14-15H,3-6H2,1-2H3,(H,24,25). The summed E-state index contributed by atoms with van der Waals surface area (Å²) in [6, 6.07) is 5.52. The number of hydrogen-bond donors (Lipinski definition) is 1. The van der Waals surface area contributed by atoms with Crippen molar-refractivity contribution in [3.05, 3.63) is 34.8 Å². The molecule has 1 aromatic heterocycles. The molecule has 1 saturated carbocycles. The first kappa shape index (κ1) is 20.2. The summed E-state index contributed by atoms with van der Waals surface area (Å²) in [6.07, 6.45) is -2.83. The minimum absolute atomic E-state index is 0.0311. The molecule has 2 unspecified atom stereocenters. The van der Waals surface area contributed by atoms with E-state index >= 15 is 0 Å². The predicted octanol–water partition coefficient (Wildman–Crippen LogP) is 6.22. The Morgan fingerprint density at radius 1 is 1.26 bits per heavy atom. The number of nitrogens with zero attached hydrogens (tertiary/aromatic N) is 1. The highest BCUT2D eigenvalue weighted by molar-refractivity contribution is 8.01. The van der Waals surface area contributed by atoms with Gasteiger partial charge in [-0.2, -0.15) is 13.2 Å². The van der Waals surface area contributed by atoms with Crippen molar-refractivity contribution in [2.75, 3.05) is 5.32 Å². The number of amides is 1. The maximum atomic E-state index is 13.2. The second-order valence-electron chi connectivity index (χ2n) is 6.86. The van der Waals surface area contributed by atoms with Gasteiger partial charge in [0.15, 0.2) is 4.34 Å². The van der Waals surface area contributed by atoms with Gasteiger partial charge in [-0.3, -0.25) is 4.79 Å². The zero-order valence-corrected chi connectivity index (χ0v) is 16.7. The van der Waals surface area contributed by atoms with Crippen molar-refractivity contribution in [3.63, 3.8) is 0 Å². The van der Waals surface area contributed by atoms with E-state index in [9.17, 15) is 18.0 Å². The highest BCUT2D eigenvalue weighted by Crippen LogP contribution is 2.42. The summed E-state index contributed by atoms with van der Waals surface area (Å²) in [5, 5.41) is 4.69. The fourth-order valence-electron chi connectivity index (χ4n) is 3.38. The van der Waals surface area contributed by atoms with Gasteiger partial charge >= 0.3 is 6.18 Å². The third-order valence-corrected chi connectivity index (χ3v) is 6.83. The van der Waals surface area contributed by atoms with Gasteiger partial charge in [0, 0.05) is 27.6 Å². The normalized spacial score (nSPS) is 20.5. The van der Waals surface area contributed by atoms with Crippen LogP contribution in [0.1, 0.15) is 36.9 Å². The monoisotopic (exact) mass is 414 g/mol. The maximum Gasteiger partial charge on any atom is 0.392 e. The Kier molecular flexibility index (Phi) is 6.15. The molecule has 0 saturated heterocycles. The summed E-state index contributed by atoms with van der Waals surface area (Å²) in [7, 11) is 0. The largest absolute Gasteiger partial charge is 0.392 e. The minimum Gasteiger partial charge on any atom is -0.326 e. The first-order chi connectivity index (χ1) is 12.7. The molecule has 8 heteroatoms. The molecule has 3 rings (SSSR count). The third-order valence-electron chi connectivity index (χ3n) is 4.78. The van der Waals surface area contributed by atoms with Gasteiger partial charge in [0.05, 0.1) is 5.92 Å². The molecule has 2 aromatic rings. The van der Waals surface area contributed by atoms with E-state index in [0.29, 0.717) is 18.5 Å². The summed E-state index contributed by atoms with van der Waals surface area (Å²) >= 11 is 3.09. The van der Waals surface area contributed by atoms with Crippen LogP contribution in [-0.2, 0) is 4.79 Å². The van der Waals surface area contributed by atoms with E-state index in [1.165, 1.54) is 11.8 Å². The number of rotatable bonds is 4. The van der Waals surface area contributed by atoms with Crippen molar-refractivity contribution < 1.29 is 18.0 Å². The smallest absolute Gasteiger partial charge is 0.326 e. The Bertz CT molecular complexity index is 820. The lowest BCUT2D eigenvalue weighted by Gasteiger charge is -2.32. The second kappa shape index (κ2) is 8.22. The molecular formula is C19H21F3N2OS2. The van der Waals surface area contributed by atoms with Crippen LogP contribution in [0.3, 0.4) is 0 Å². The van der Waals surface area contributed by atoms with Crippen molar-refractivity contribution >= 4 is 34.7 Å². The van der Waals surface area contributed by atoms with Gasteiger partial charge in [0.2, 0.25) is 5.91 Å². The van der Waals surface area contributed by atoms with Crippen LogP contribution in [-0.4, -0.2) is 17.1 Å². The highest BCUT2D eigenvalue weighted by Gasteiger charge is 2.48. The molecule has 1 N–H and O–H groups in total. The van der Waals surface area contributed by atoms with Crippen LogP contribution in [0.5, 0.6) is 0 Å². The molecule has 27 heavy (non-hydrogen) atoms. The summed E-state index contributed by atoms with van der Waals surface area (Å²) in [6.45, 7) is 3.78. The van der Waals surface area contributed by atoms with Crippen LogP contribution in [0.4, 0.5) is 18.9 Å². The molecule has 146 valence electrons. The summed E-state index contributed by atoms with van der Waals surface area (Å²) < 4.78 is 40.7. The molecule has 1 heterocycles. The van der Waals surface area contributed by atoms with Gasteiger partial charge in [-0.05, 0) is 50.5 Å². The van der Waals surface area contributed by atoms with Gasteiger partial charge in [-0.25, -0.2) is 4.98 Å². The molecule has 2 atom stereocenters. The number of aromatic nitrogens is 1. The molecule has 3 nitrogen and oxygen atoms in total. The molecule has 0 aliphatic heterocycles. The Labute approximate surface area is 164 Å². The van der Waals surface area contributed by atoms with Gasteiger partial charge in [0.1, 0.15) is 0 Å². The molecule has 0 spiro atoms. The number of halogens is 3. The molecule has 1 amide bonds. The topological polar surface area (TPSA) is 42.0 Å². The number of benzene rings is 1. The van der Waals surface area contributed by atoms with E-state index in [2.05, 4.69) is 10.3 Å². The first-order valence-corrected chi connectivity index (χ1v) is 10.5. The Hall–Kier alpha value is -1.54. The highest BCUT2D eigenvalue weighted by atomic mass is 32.2. The van der Waals surface area contributed by atoms with Gasteiger partial charge in [0.25, 0.3) is 0 Å². The second-order valence-corrected chi connectivity index (χ2v) is 9.04. The van der Waals surface area contributed by atoms with Crippen molar-refractivity contribution in [2.45, 2.75) is 54.9 Å². The average molecular weight is 415 g/mol. The molecular weight excluding hydrogens is 393 g/mol. The predicted molar refractivity (Wildman–Crippen MR) is 102 cm³/mol. The van der Waals surface area contributed by atoms with E-state index in [-0.39, 0.29) is 12.8 Å². The molecule has 0 radical (unpaired) electrons.